The summed E-state index contributed by atoms with van der Waals surface area (Å²) in [6, 6.07) is 16.2. The van der Waals surface area contributed by atoms with Crippen molar-refractivity contribution in [3.63, 3.8) is 0 Å². The van der Waals surface area contributed by atoms with Gasteiger partial charge >= 0.3 is 0 Å². The van der Waals surface area contributed by atoms with Crippen LogP contribution in [0.15, 0.2) is 59.2 Å². The Labute approximate surface area is 120 Å². The lowest BCUT2D eigenvalue weighted by atomic mass is 10.1. The zero-order chi connectivity index (χ0) is 13.2. The molecule has 0 aliphatic rings. The highest BCUT2D eigenvalue weighted by Crippen LogP contribution is 2.30. The summed E-state index contributed by atoms with van der Waals surface area (Å²) in [6.45, 7) is 1.98. The number of halogens is 1. The number of nitrogens with zero attached hydrogens (tertiary/aromatic N) is 1. The molecule has 0 atom stereocenters. The lowest BCUT2D eigenvalue weighted by Gasteiger charge is -2.10. The van der Waals surface area contributed by atoms with E-state index in [1.807, 2.05) is 37.3 Å². The molecular formula is C16H12BrNO. The zero-order valence-electron chi connectivity index (χ0n) is 10.4. The minimum Gasteiger partial charge on any atom is -0.438 e. The Morgan fingerprint density at radius 1 is 1.05 bits per heavy atom. The van der Waals surface area contributed by atoms with E-state index in [0.717, 1.165) is 26.6 Å². The molecule has 1 heterocycles. The number of benzene rings is 2. The maximum Gasteiger partial charge on any atom is 0.222 e. The average Bonchev–Trinajstić information content (AvgIpc) is 2.42. The van der Waals surface area contributed by atoms with E-state index in [1.54, 1.807) is 6.20 Å². The Hall–Kier alpha value is -1.87. The molecule has 2 nitrogen and oxygen atoms in total. The van der Waals surface area contributed by atoms with Crippen molar-refractivity contribution in [3.8, 4) is 11.6 Å². The molecule has 0 bridgehead atoms. The normalized spacial score (nSPS) is 10.6. The van der Waals surface area contributed by atoms with Crippen molar-refractivity contribution in [3.05, 3.63) is 64.8 Å². The summed E-state index contributed by atoms with van der Waals surface area (Å²) in [5.74, 6) is 1.47. The molecule has 0 N–H and O–H groups in total. The van der Waals surface area contributed by atoms with Gasteiger partial charge in [-0.15, -0.1) is 0 Å². The molecule has 0 aliphatic carbocycles. The molecule has 0 aliphatic heterocycles. The molecule has 19 heavy (non-hydrogen) atoms. The van der Waals surface area contributed by atoms with E-state index >= 15 is 0 Å². The number of pyridine rings is 1. The molecule has 1 aromatic heterocycles. The fourth-order valence-corrected chi connectivity index (χ4v) is 2.47. The molecule has 0 spiro atoms. The van der Waals surface area contributed by atoms with Gasteiger partial charge in [0, 0.05) is 21.6 Å². The number of rotatable bonds is 2. The minimum atomic E-state index is 0.638. The van der Waals surface area contributed by atoms with Crippen LogP contribution in [-0.2, 0) is 0 Å². The summed E-state index contributed by atoms with van der Waals surface area (Å²) >= 11 is 3.40. The molecule has 94 valence electrons. The van der Waals surface area contributed by atoms with Crippen LogP contribution in [0.2, 0.25) is 0 Å². The number of fused-ring (bicyclic) bond motifs is 1. The average molecular weight is 314 g/mol. The smallest absolute Gasteiger partial charge is 0.222 e. The Morgan fingerprint density at radius 2 is 1.84 bits per heavy atom. The van der Waals surface area contributed by atoms with Gasteiger partial charge in [0.2, 0.25) is 5.88 Å². The molecule has 0 amide bonds. The van der Waals surface area contributed by atoms with Crippen molar-refractivity contribution in [2.75, 3.05) is 0 Å². The summed E-state index contributed by atoms with van der Waals surface area (Å²) in [5.41, 5.74) is 1.00. The molecule has 0 saturated carbocycles. The van der Waals surface area contributed by atoms with Crippen LogP contribution in [-0.4, -0.2) is 4.98 Å². The van der Waals surface area contributed by atoms with E-state index in [9.17, 15) is 0 Å². The van der Waals surface area contributed by atoms with Crippen molar-refractivity contribution >= 4 is 26.7 Å². The fourth-order valence-electron chi connectivity index (χ4n) is 2.02. The predicted molar refractivity (Wildman–Crippen MR) is 80.7 cm³/mol. The molecule has 2 aromatic carbocycles. The van der Waals surface area contributed by atoms with Crippen molar-refractivity contribution in [1.82, 2.24) is 4.98 Å². The summed E-state index contributed by atoms with van der Waals surface area (Å²) in [4.78, 5) is 4.31. The maximum absolute atomic E-state index is 5.95. The summed E-state index contributed by atoms with van der Waals surface area (Å²) in [7, 11) is 0. The first kappa shape index (κ1) is 12.2. The second-order valence-corrected chi connectivity index (χ2v) is 5.27. The van der Waals surface area contributed by atoms with Gasteiger partial charge in [-0.1, -0.05) is 36.4 Å². The highest BCUT2D eigenvalue weighted by atomic mass is 79.9. The van der Waals surface area contributed by atoms with Crippen LogP contribution in [0.5, 0.6) is 11.6 Å². The number of aryl methyl sites for hydroxylation is 1. The Kier molecular flexibility index (Phi) is 3.22. The van der Waals surface area contributed by atoms with Crippen molar-refractivity contribution in [2.24, 2.45) is 0 Å². The van der Waals surface area contributed by atoms with Gasteiger partial charge in [-0.25, -0.2) is 4.98 Å². The fraction of sp³-hybridized carbons (Fsp3) is 0.0625. The molecule has 0 unspecified atom stereocenters. The number of ether oxygens (including phenoxy) is 1. The highest BCUT2D eigenvalue weighted by molar-refractivity contribution is 9.10. The first-order valence-electron chi connectivity index (χ1n) is 6.02. The van der Waals surface area contributed by atoms with Crippen LogP contribution in [0.25, 0.3) is 10.8 Å². The summed E-state index contributed by atoms with van der Waals surface area (Å²) in [5, 5.41) is 2.25. The summed E-state index contributed by atoms with van der Waals surface area (Å²) < 4.78 is 6.90. The molecule has 3 aromatic rings. The lowest BCUT2D eigenvalue weighted by Crippen LogP contribution is -1.91. The van der Waals surface area contributed by atoms with Crippen molar-refractivity contribution in [1.29, 1.82) is 0 Å². The molecular weight excluding hydrogens is 302 g/mol. The van der Waals surface area contributed by atoms with Crippen molar-refractivity contribution < 1.29 is 4.74 Å². The van der Waals surface area contributed by atoms with E-state index in [-0.39, 0.29) is 0 Å². The zero-order valence-corrected chi connectivity index (χ0v) is 12.0. The third-order valence-electron chi connectivity index (χ3n) is 2.95. The standard InChI is InChI=1S/C16H12BrNO/c1-11-9-13(17)10-18-16(11)19-15-8-4-6-12-5-2-3-7-14(12)15/h2-10H,1H3. The second-order valence-electron chi connectivity index (χ2n) is 4.35. The minimum absolute atomic E-state index is 0.638. The molecule has 0 fully saturated rings. The molecule has 3 heteroatoms. The van der Waals surface area contributed by atoms with E-state index in [1.165, 1.54) is 0 Å². The third-order valence-corrected chi connectivity index (χ3v) is 3.39. The van der Waals surface area contributed by atoms with Gasteiger partial charge in [-0.05, 0) is 40.4 Å². The van der Waals surface area contributed by atoms with Gasteiger partial charge in [-0.2, -0.15) is 0 Å². The van der Waals surface area contributed by atoms with E-state index < -0.39 is 0 Å². The quantitative estimate of drug-likeness (QED) is 0.656. The maximum atomic E-state index is 5.95. The monoisotopic (exact) mass is 313 g/mol. The first-order valence-corrected chi connectivity index (χ1v) is 6.81. The van der Waals surface area contributed by atoms with Crippen LogP contribution in [0.1, 0.15) is 5.56 Å². The van der Waals surface area contributed by atoms with Gasteiger partial charge in [0.15, 0.2) is 0 Å². The molecule has 0 radical (unpaired) electrons. The van der Waals surface area contributed by atoms with Crippen LogP contribution in [0, 0.1) is 6.92 Å². The first-order chi connectivity index (χ1) is 9.24. The van der Waals surface area contributed by atoms with E-state index in [4.69, 9.17) is 4.74 Å². The third kappa shape index (κ3) is 2.47. The summed E-state index contributed by atoms with van der Waals surface area (Å²) in [6.07, 6.45) is 1.74. The molecule has 3 rings (SSSR count). The van der Waals surface area contributed by atoms with Crippen LogP contribution >= 0.6 is 15.9 Å². The van der Waals surface area contributed by atoms with Gasteiger partial charge in [0.05, 0.1) is 0 Å². The van der Waals surface area contributed by atoms with Gasteiger partial charge in [0.1, 0.15) is 5.75 Å². The van der Waals surface area contributed by atoms with E-state index in [2.05, 4.69) is 39.1 Å². The van der Waals surface area contributed by atoms with Crippen LogP contribution in [0.3, 0.4) is 0 Å². The lowest BCUT2D eigenvalue weighted by molar-refractivity contribution is 0.464. The highest BCUT2D eigenvalue weighted by Gasteiger charge is 2.06. The largest absolute Gasteiger partial charge is 0.438 e. The van der Waals surface area contributed by atoms with Crippen LogP contribution < -0.4 is 4.74 Å². The number of aromatic nitrogens is 1. The Bertz CT molecular complexity index is 734. The van der Waals surface area contributed by atoms with Gasteiger partial charge in [-0.3, -0.25) is 0 Å². The van der Waals surface area contributed by atoms with Crippen LogP contribution in [0.4, 0.5) is 0 Å². The van der Waals surface area contributed by atoms with Gasteiger partial charge < -0.3 is 4.74 Å². The number of hydrogen-bond donors (Lipinski definition) is 0. The van der Waals surface area contributed by atoms with Gasteiger partial charge in [0.25, 0.3) is 0 Å². The number of hydrogen-bond acceptors (Lipinski definition) is 2. The second kappa shape index (κ2) is 5.02. The topological polar surface area (TPSA) is 22.1 Å². The van der Waals surface area contributed by atoms with Crippen molar-refractivity contribution in [2.45, 2.75) is 6.92 Å². The SMILES string of the molecule is Cc1cc(Br)cnc1Oc1cccc2ccccc12. The Balaban J connectivity index is 2.06. The molecule has 0 saturated heterocycles. The Morgan fingerprint density at radius 3 is 2.68 bits per heavy atom. The van der Waals surface area contributed by atoms with E-state index in [0.29, 0.717) is 5.88 Å². The predicted octanol–water partition coefficient (Wildman–Crippen LogP) is 5.10.